The molecule has 0 aliphatic heterocycles. The van der Waals surface area contributed by atoms with E-state index in [1.165, 1.54) is 0 Å². The van der Waals surface area contributed by atoms with E-state index < -0.39 is 0 Å². The number of nitrogens with one attached hydrogen (secondary N) is 1. The average Bonchev–Trinajstić information content (AvgIpc) is 3.26. The first-order valence-electron chi connectivity index (χ1n) is 8.39. The van der Waals surface area contributed by atoms with Crippen LogP contribution in [0.25, 0.3) is 5.69 Å². The van der Waals surface area contributed by atoms with Crippen molar-refractivity contribution >= 4 is 6.03 Å². The molecule has 1 aromatic heterocycles. The highest BCUT2D eigenvalue weighted by Gasteiger charge is 2.27. The molecule has 128 valence electrons. The lowest BCUT2D eigenvalue weighted by Crippen LogP contribution is -2.40. The molecular weight excluding hydrogens is 304 g/mol. The van der Waals surface area contributed by atoms with Gasteiger partial charge in [-0.05, 0) is 36.6 Å². The van der Waals surface area contributed by atoms with Crippen molar-refractivity contribution in [3.63, 3.8) is 0 Å². The van der Waals surface area contributed by atoms with Crippen molar-refractivity contribution in [1.82, 2.24) is 20.0 Å². The number of benzene rings is 1. The molecule has 3 rings (SSSR count). The lowest BCUT2D eigenvalue weighted by atomic mass is 10.1. The van der Waals surface area contributed by atoms with E-state index in [1.807, 2.05) is 36.5 Å². The summed E-state index contributed by atoms with van der Waals surface area (Å²) in [7, 11) is 1.78. The fraction of sp³-hybridized carbons (Fsp3) is 0.444. The summed E-state index contributed by atoms with van der Waals surface area (Å²) in [6.45, 7) is 1.08. The van der Waals surface area contributed by atoms with E-state index in [0.717, 1.165) is 30.5 Å². The van der Waals surface area contributed by atoms with Crippen LogP contribution in [-0.4, -0.2) is 45.5 Å². The smallest absolute Gasteiger partial charge is 0.317 e. The van der Waals surface area contributed by atoms with E-state index in [-0.39, 0.29) is 18.1 Å². The molecule has 0 spiro atoms. The minimum Gasteiger partial charge on any atom is -0.393 e. The molecule has 2 amide bonds. The molecule has 0 saturated heterocycles. The zero-order valence-corrected chi connectivity index (χ0v) is 13.9. The first-order valence-corrected chi connectivity index (χ1v) is 8.39. The Kier molecular flexibility index (Phi) is 5.15. The van der Waals surface area contributed by atoms with E-state index >= 15 is 0 Å². The average molecular weight is 328 g/mol. The van der Waals surface area contributed by atoms with E-state index in [4.69, 9.17) is 0 Å². The topological polar surface area (TPSA) is 70.4 Å². The third-order valence-corrected chi connectivity index (χ3v) is 4.62. The van der Waals surface area contributed by atoms with Gasteiger partial charge in [-0.15, -0.1) is 0 Å². The first kappa shape index (κ1) is 16.5. The van der Waals surface area contributed by atoms with Crippen LogP contribution < -0.4 is 5.32 Å². The predicted molar refractivity (Wildman–Crippen MR) is 91.8 cm³/mol. The minimum absolute atomic E-state index is 0.106. The quantitative estimate of drug-likeness (QED) is 0.884. The number of urea groups is 1. The normalized spacial score (nSPS) is 20.1. The maximum absolute atomic E-state index is 12.2. The Bertz CT molecular complexity index is 654. The van der Waals surface area contributed by atoms with Crippen LogP contribution in [0.4, 0.5) is 4.79 Å². The van der Waals surface area contributed by atoms with Gasteiger partial charge in [-0.1, -0.05) is 18.6 Å². The van der Waals surface area contributed by atoms with Crippen LogP contribution in [0.2, 0.25) is 0 Å². The number of nitrogens with zero attached hydrogens (tertiary/aromatic N) is 3. The standard InChI is InChI=1S/C18H24N4O2/c1-21(13-15-4-2-5-17(15)23)18(24)19-12-14-6-8-16(9-7-14)22-11-3-10-20-22/h3,6-11,15,17,23H,2,4-5,12-13H2,1H3,(H,19,24)/t15-,17-/m1/s1. The lowest BCUT2D eigenvalue weighted by Gasteiger charge is -2.23. The zero-order chi connectivity index (χ0) is 16.9. The Labute approximate surface area is 142 Å². The molecule has 1 aliphatic rings. The molecule has 1 saturated carbocycles. The van der Waals surface area contributed by atoms with Crippen molar-refractivity contribution in [3.05, 3.63) is 48.3 Å². The van der Waals surface area contributed by atoms with Crippen molar-refractivity contribution in [2.24, 2.45) is 5.92 Å². The van der Waals surface area contributed by atoms with Crippen LogP contribution in [-0.2, 0) is 6.54 Å². The number of aliphatic hydroxyl groups is 1. The van der Waals surface area contributed by atoms with Crippen molar-refractivity contribution < 1.29 is 9.90 Å². The number of hydrogen-bond donors (Lipinski definition) is 2. The van der Waals surface area contributed by atoms with Gasteiger partial charge in [-0.2, -0.15) is 5.10 Å². The number of amides is 2. The second-order valence-corrected chi connectivity index (χ2v) is 6.41. The number of aromatic nitrogens is 2. The molecule has 6 nitrogen and oxygen atoms in total. The van der Waals surface area contributed by atoms with Crippen molar-refractivity contribution in [3.8, 4) is 5.69 Å². The molecule has 6 heteroatoms. The molecule has 2 N–H and O–H groups in total. The van der Waals surface area contributed by atoms with Crippen LogP contribution in [0.5, 0.6) is 0 Å². The summed E-state index contributed by atoms with van der Waals surface area (Å²) in [5.41, 5.74) is 2.02. The summed E-state index contributed by atoms with van der Waals surface area (Å²) in [6, 6.07) is 9.70. The van der Waals surface area contributed by atoms with Crippen LogP contribution in [0.1, 0.15) is 24.8 Å². The third kappa shape index (κ3) is 3.94. The van der Waals surface area contributed by atoms with Gasteiger partial charge in [0.1, 0.15) is 0 Å². The Morgan fingerprint density at radius 3 is 2.79 bits per heavy atom. The monoisotopic (exact) mass is 328 g/mol. The largest absolute Gasteiger partial charge is 0.393 e. The highest BCUT2D eigenvalue weighted by molar-refractivity contribution is 5.73. The van der Waals surface area contributed by atoms with Gasteiger partial charge in [-0.3, -0.25) is 0 Å². The number of carbonyl (C=O) groups is 1. The van der Waals surface area contributed by atoms with Crippen LogP contribution in [0, 0.1) is 5.92 Å². The molecule has 0 radical (unpaired) electrons. The minimum atomic E-state index is -0.268. The number of carbonyl (C=O) groups excluding carboxylic acids is 1. The fourth-order valence-corrected chi connectivity index (χ4v) is 3.17. The van der Waals surface area contributed by atoms with Gasteiger partial charge < -0.3 is 15.3 Å². The van der Waals surface area contributed by atoms with Gasteiger partial charge in [0.15, 0.2) is 0 Å². The van der Waals surface area contributed by atoms with Gasteiger partial charge in [-0.25, -0.2) is 9.48 Å². The lowest BCUT2D eigenvalue weighted by molar-refractivity contribution is 0.114. The van der Waals surface area contributed by atoms with Crippen LogP contribution in [0.3, 0.4) is 0 Å². The zero-order valence-electron chi connectivity index (χ0n) is 13.9. The van der Waals surface area contributed by atoms with Crippen LogP contribution >= 0.6 is 0 Å². The molecule has 1 heterocycles. The Hall–Kier alpha value is -2.34. The molecule has 1 fully saturated rings. The second-order valence-electron chi connectivity index (χ2n) is 6.41. The van der Waals surface area contributed by atoms with Crippen molar-refractivity contribution in [2.75, 3.05) is 13.6 Å². The molecule has 0 bridgehead atoms. The first-order chi connectivity index (χ1) is 11.6. The maximum Gasteiger partial charge on any atom is 0.317 e. The van der Waals surface area contributed by atoms with Gasteiger partial charge in [0.05, 0.1) is 11.8 Å². The third-order valence-electron chi connectivity index (χ3n) is 4.62. The van der Waals surface area contributed by atoms with Gasteiger partial charge in [0.25, 0.3) is 0 Å². The number of aliphatic hydroxyl groups excluding tert-OH is 1. The highest BCUT2D eigenvalue weighted by atomic mass is 16.3. The molecule has 2 atom stereocenters. The maximum atomic E-state index is 12.2. The van der Waals surface area contributed by atoms with E-state index in [0.29, 0.717) is 13.1 Å². The fourth-order valence-electron chi connectivity index (χ4n) is 3.17. The summed E-state index contributed by atoms with van der Waals surface area (Å²) in [5.74, 6) is 0.203. The van der Waals surface area contributed by atoms with E-state index in [2.05, 4.69) is 10.4 Å². The van der Waals surface area contributed by atoms with Gasteiger partial charge in [0.2, 0.25) is 0 Å². The summed E-state index contributed by atoms with van der Waals surface area (Å²) in [5, 5.41) is 17.0. The number of hydrogen-bond acceptors (Lipinski definition) is 3. The Balaban J connectivity index is 1.48. The summed E-state index contributed by atoms with van der Waals surface area (Å²) < 4.78 is 1.79. The molecule has 1 aliphatic carbocycles. The Morgan fingerprint density at radius 1 is 1.38 bits per heavy atom. The molecular formula is C18H24N4O2. The summed E-state index contributed by atoms with van der Waals surface area (Å²) in [4.78, 5) is 13.8. The molecule has 2 aromatic rings. The predicted octanol–water partition coefficient (Wildman–Crippen LogP) is 2.17. The molecule has 0 unspecified atom stereocenters. The summed E-state index contributed by atoms with van der Waals surface area (Å²) >= 11 is 0. The second kappa shape index (κ2) is 7.49. The van der Waals surface area contributed by atoms with Gasteiger partial charge in [0, 0.05) is 38.4 Å². The highest BCUT2D eigenvalue weighted by Crippen LogP contribution is 2.25. The van der Waals surface area contributed by atoms with Crippen LogP contribution in [0.15, 0.2) is 42.7 Å². The van der Waals surface area contributed by atoms with Crippen molar-refractivity contribution in [1.29, 1.82) is 0 Å². The van der Waals surface area contributed by atoms with E-state index in [1.54, 1.807) is 22.8 Å². The SMILES string of the molecule is CN(C[C@H]1CCC[C@H]1O)C(=O)NCc1ccc(-n2cccn2)cc1. The Morgan fingerprint density at radius 2 is 2.17 bits per heavy atom. The van der Waals surface area contributed by atoms with Crippen molar-refractivity contribution in [2.45, 2.75) is 31.9 Å². The summed E-state index contributed by atoms with van der Waals surface area (Å²) in [6.07, 6.45) is 6.25. The molecule has 24 heavy (non-hydrogen) atoms. The molecule has 1 aromatic carbocycles. The number of rotatable bonds is 5. The van der Waals surface area contributed by atoms with Gasteiger partial charge >= 0.3 is 6.03 Å². The van der Waals surface area contributed by atoms with E-state index in [9.17, 15) is 9.90 Å².